The van der Waals surface area contributed by atoms with Gasteiger partial charge in [0.1, 0.15) is 17.7 Å². The van der Waals surface area contributed by atoms with Crippen LogP contribution in [-0.2, 0) is 6.54 Å². The largest absolute Gasteiger partial charge is 0.497 e. The zero-order valence-corrected chi connectivity index (χ0v) is 14.5. The lowest BCUT2D eigenvalue weighted by atomic mass is 10.1. The highest BCUT2D eigenvalue weighted by Gasteiger charge is 2.28. The third-order valence-electron chi connectivity index (χ3n) is 3.78. The summed E-state index contributed by atoms with van der Waals surface area (Å²) in [4.78, 5) is 23.1. The highest BCUT2D eigenvalue weighted by atomic mass is 16.6. The van der Waals surface area contributed by atoms with Crippen LogP contribution in [0.15, 0.2) is 24.4 Å². The van der Waals surface area contributed by atoms with Gasteiger partial charge in [0.2, 0.25) is 5.69 Å². The van der Waals surface area contributed by atoms with Gasteiger partial charge in [-0.3, -0.25) is 19.6 Å². The minimum absolute atomic E-state index is 0.0822. The van der Waals surface area contributed by atoms with Crippen molar-refractivity contribution in [1.29, 1.82) is 0 Å². The molecule has 1 amide bonds. The Morgan fingerprint density at radius 2 is 2.12 bits per heavy atom. The average molecular weight is 348 g/mol. The number of benzene rings is 1. The fraction of sp³-hybridized carbons (Fsp3) is 0.375. The van der Waals surface area contributed by atoms with E-state index in [2.05, 4.69) is 10.4 Å². The number of rotatable bonds is 7. The van der Waals surface area contributed by atoms with E-state index >= 15 is 0 Å². The third-order valence-corrected chi connectivity index (χ3v) is 3.78. The summed E-state index contributed by atoms with van der Waals surface area (Å²) in [6, 6.07) is 4.76. The van der Waals surface area contributed by atoms with Crippen LogP contribution in [0.5, 0.6) is 11.5 Å². The first-order valence-corrected chi connectivity index (χ1v) is 7.65. The molecule has 25 heavy (non-hydrogen) atoms. The van der Waals surface area contributed by atoms with Crippen LogP contribution in [0, 0.1) is 10.1 Å². The maximum atomic E-state index is 12.6. The number of aryl methyl sites for hydroxylation is 1. The molecule has 134 valence electrons. The summed E-state index contributed by atoms with van der Waals surface area (Å²) in [7, 11) is 3.06. The van der Waals surface area contributed by atoms with Gasteiger partial charge >= 0.3 is 5.69 Å². The summed E-state index contributed by atoms with van der Waals surface area (Å²) in [5, 5.41) is 17.8. The Labute approximate surface area is 144 Å². The number of nitro groups is 1. The number of methoxy groups -OCH3 is 2. The number of aromatic nitrogens is 2. The van der Waals surface area contributed by atoms with Gasteiger partial charge in [-0.05, 0) is 32.0 Å². The number of carbonyl (C=O) groups excluding carboxylic acids is 1. The van der Waals surface area contributed by atoms with Gasteiger partial charge in [-0.1, -0.05) is 0 Å². The molecule has 1 heterocycles. The number of ether oxygens (including phenoxy) is 2. The number of nitrogens with one attached hydrogen (secondary N) is 1. The second kappa shape index (κ2) is 7.65. The van der Waals surface area contributed by atoms with Crippen LogP contribution in [0.4, 0.5) is 5.69 Å². The molecule has 1 aromatic carbocycles. The quantitative estimate of drug-likeness (QED) is 0.607. The van der Waals surface area contributed by atoms with Crippen LogP contribution < -0.4 is 14.8 Å². The number of hydrogen-bond acceptors (Lipinski definition) is 6. The molecule has 0 aliphatic rings. The van der Waals surface area contributed by atoms with E-state index in [1.807, 2.05) is 0 Å². The van der Waals surface area contributed by atoms with Crippen LogP contribution in [0.2, 0.25) is 0 Å². The molecule has 1 atom stereocenters. The fourth-order valence-electron chi connectivity index (χ4n) is 2.50. The second-order valence-corrected chi connectivity index (χ2v) is 5.25. The topological polar surface area (TPSA) is 109 Å². The van der Waals surface area contributed by atoms with E-state index in [0.29, 0.717) is 23.6 Å². The predicted octanol–water partition coefficient (Wildman–Crippen LogP) is 2.32. The Hall–Kier alpha value is -3.10. The smallest absolute Gasteiger partial charge is 0.320 e. The van der Waals surface area contributed by atoms with Crippen LogP contribution in [0.3, 0.4) is 0 Å². The summed E-state index contributed by atoms with van der Waals surface area (Å²) in [5.74, 6) is 0.608. The molecule has 1 aromatic heterocycles. The van der Waals surface area contributed by atoms with E-state index in [9.17, 15) is 14.9 Å². The Bertz CT molecular complexity index is 787. The predicted molar refractivity (Wildman–Crippen MR) is 90.0 cm³/mol. The molecule has 2 aromatic rings. The first-order valence-electron chi connectivity index (χ1n) is 7.65. The highest BCUT2D eigenvalue weighted by molar-refractivity contribution is 5.96. The van der Waals surface area contributed by atoms with Crippen molar-refractivity contribution in [3.05, 3.63) is 45.8 Å². The standard InChI is InChI=1S/C16H20N4O5/c1-5-19-15(13(9-17-19)20(22)23)16(21)18-10(2)12-8-11(24-3)6-7-14(12)25-4/h6-10H,5H2,1-4H3,(H,18,21). The molecule has 0 spiro atoms. The Balaban J connectivity index is 2.33. The zero-order valence-electron chi connectivity index (χ0n) is 14.5. The normalized spacial score (nSPS) is 11.7. The van der Waals surface area contributed by atoms with Gasteiger partial charge in [0.25, 0.3) is 5.91 Å². The molecular weight excluding hydrogens is 328 g/mol. The maximum Gasteiger partial charge on any atom is 0.320 e. The minimum Gasteiger partial charge on any atom is -0.497 e. The molecule has 1 unspecified atom stereocenters. The van der Waals surface area contributed by atoms with Crippen molar-refractivity contribution < 1.29 is 19.2 Å². The Morgan fingerprint density at radius 3 is 2.68 bits per heavy atom. The summed E-state index contributed by atoms with van der Waals surface area (Å²) in [5.41, 5.74) is 0.283. The molecule has 0 aliphatic carbocycles. The number of hydrogen-bond donors (Lipinski definition) is 1. The number of carbonyl (C=O) groups is 1. The van der Waals surface area contributed by atoms with Gasteiger partial charge in [-0.25, -0.2) is 0 Å². The fourth-order valence-corrected chi connectivity index (χ4v) is 2.50. The second-order valence-electron chi connectivity index (χ2n) is 5.25. The van der Waals surface area contributed by atoms with Crippen LogP contribution >= 0.6 is 0 Å². The Morgan fingerprint density at radius 1 is 1.40 bits per heavy atom. The van der Waals surface area contributed by atoms with E-state index in [4.69, 9.17) is 9.47 Å². The highest BCUT2D eigenvalue weighted by Crippen LogP contribution is 2.29. The molecule has 1 N–H and O–H groups in total. The minimum atomic E-state index is -0.620. The number of nitrogens with zero attached hydrogens (tertiary/aromatic N) is 3. The number of amides is 1. The molecule has 0 aliphatic heterocycles. The molecule has 9 nitrogen and oxygen atoms in total. The third kappa shape index (κ3) is 3.70. The zero-order chi connectivity index (χ0) is 18.6. The van der Waals surface area contributed by atoms with Crippen LogP contribution in [0.1, 0.15) is 35.9 Å². The van der Waals surface area contributed by atoms with E-state index in [1.165, 1.54) is 18.9 Å². The molecule has 0 bridgehead atoms. The van der Waals surface area contributed by atoms with Gasteiger partial charge in [0, 0.05) is 12.1 Å². The van der Waals surface area contributed by atoms with Crippen molar-refractivity contribution in [2.45, 2.75) is 26.4 Å². The molecule has 0 saturated carbocycles. The van der Waals surface area contributed by atoms with Crippen LogP contribution in [0.25, 0.3) is 0 Å². The van der Waals surface area contributed by atoms with Crippen molar-refractivity contribution in [3.8, 4) is 11.5 Å². The summed E-state index contributed by atoms with van der Waals surface area (Å²) in [6.07, 6.45) is 1.08. The van der Waals surface area contributed by atoms with E-state index < -0.39 is 16.9 Å². The summed E-state index contributed by atoms with van der Waals surface area (Å²) in [6.45, 7) is 3.85. The first kappa shape index (κ1) is 18.2. The summed E-state index contributed by atoms with van der Waals surface area (Å²) >= 11 is 0. The lowest BCUT2D eigenvalue weighted by molar-refractivity contribution is -0.385. The van der Waals surface area contributed by atoms with Gasteiger partial charge in [0.15, 0.2) is 0 Å². The van der Waals surface area contributed by atoms with Crippen LogP contribution in [-0.4, -0.2) is 34.8 Å². The van der Waals surface area contributed by atoms with Gasteiger partial charge in [0.05, 0.1) is 25.2 Å². The van der Waals surface area contributed by atoms with Crippen molar-refractivity contribution in [3.63, 3.8) is 0 Å². The Kier molecular flexibility index (Phi) is 5.58. The molecule has 0 fully saturated rings. The van der Waals surface area contributed by atoms with E-state index in [-0.39, 0.29) is 11.4 Å². The van der Waals surface area contributed by atoms with Crippen molar-refractivity contribution in [1.82, 2.24) is 15.1 Å². The lowest BCUT2D eigenvalue weighted by Gasteiger charge is -2.18. The first-order chi connectivity index (χ1) is 11.9. The van der Waals surface area contributed by atoms with Gasteiger partial charge in [-0.2, -0.15) is 5.10 Å². The molecule has 0 radical (unpaired) electrons. The van der Waals surface area contributed by atoms with E-state index in [0.717, 1.165) is 6.20 Å². The van der Waals surface area contributed by atoms with Crippen molar-refractivity contribution in [2.24, 2.45) is 0 Å². The van der Waals surface area contributed by atoms with Gasteiger partial charge < -0.3 is 14.8 Å². The average Bonchev–Trinajstić information content (AvgIpc) is 3.05. The maximum absolute atomic E-state index is 12.6. The molecule has 0 saturated heterocycles. The molecule has 2 rings (SSSR count). The molecule has 9 heteroatoms. The monoisotopic (exact) mass is 348 g/mol. The van der Waals surface area contributed by atoms with Gasteiger partial charge in [-0.15, -0.1) is 0 Å². The lowest BCUT2D eigenvalue weighted by Crippen LogP contribution is -2.29. The SMILES string of the molecule is CCn1ncc([N+](=O)[O-])c1C(=O)NC(C)c1cc(OC)ccc1OC. The van der Waals surface area contributed by atoms with E-state index in [1.54, 1.807) is 32.0 Å². The van der Waals surface area contributed by atoms with Crippen molar-refractivity contribution in [2.75, 3.05) is 14.2 Å². The molecular formula is C16H20N4O5. The summed E-state index contributed by atoms with van der Waals surface area (Å²) < 4.78 is 11.8. The van der Waals surface area contributed by atoms with Crippen molar-refractivity contribution >= 4 is 11.6 Å².